The molecule has 2 aromatic rings. The molecule has 156 valence electrons. The maximum atomic E-state index is 13.0. The largest absolute Gasteiger partial charge is 0.489 e. The van der Waals surface area contributed by atoms with E-state index in [0.717, 1.165) is 23.3 Å². The lowest BCUT2D eigenvalue weighted by atomic mass is 10.0. The quantitative estimate of drug-likeness (QED) is 0.707. The summed E-state index contributed by atoms with van der Waals surface area (Å²) in [6.45, 7) is 1.90. The summed E-state index contributed by atoms with van der Waals surface area (Å²) in [4.78, 5) is 38.3. The summed E-state index contributed by atoms with van der Waals surface area (Å²) < 4.78 is 24.3. The average molecular weight is 412 g/mol. The maximum Gasteiger partial charge on any atom is 0.331 e. The van der Waals surface area contributed by atoms with Crippen LogP contribution in [0.3, 0.4) is 0 Å². The van der Waals surface area contributed by atoms with Crippen LogP contribution in [0.4, 0.5) is 9.18 Å². The predicted molar refractivity (Wildman–Crippen MR) is 104 cm³/mol. The molecular formula is C22H21FN2O5. The van der Waals surface area contributed by atoms with E-state index < -0.39 is 23.4 Å². The SMILES string of the molecule is CC1(Oc2ccc(OCc3ccc(F)cc3)cc2)C(=O)NC(=O)N(CC2CC2)C1=O. The molecule has 1 unspecified atom stereocenters. The van der Waals surface area contributed by atoms with Gasteiger partial charge in [-0.25, -0.2) is 9.18 Å². The smallest absolute Gasteiger partial charge is 0.331 e. The molecule has 0 bridgehead atoms. The van der Waals surface area contributed by atoms with Crippen LogP contribution in [0.5, 0.6) is 11.5 Å². The Kier molecular flexibility index (Phi) is 5.15. The molecule has 2 aliphatic rings. The monoisotopic (exact) mass is 412 g/mol. The number of benzene rings is 2. The number of rotatable bonds is 7. The van der Waals surface area contributed by atoms with E-state index in [1.165, 1.54) is 19.1 Å². The van der Waals surface area contributed by atoms with Gasteiger partial charge in [-0.3, -0.25) is 19.8 Å². The second-order valence-corrected chi connectivity index (χ2v) is 7.64. The molecule has 1 heterocycles. The normalized spacial score (nSPS) is 21.4. The summed E-state index contributed by atoms with van der Waals surface area (Å²) in [6.07, 6.45) is 1.92. The fourth-order valence-corrected chi connectivity index (χ4v) is 3.13. The molecule has 2 fully saturated rings. The van der Waals surface area contributed by atoms with Crippen LogP contribution in [0.1, 0.15) is 25.3 Å². The van der Waals surface area contributed by atoms with Crippen molar-refractivity contribution >= 4 is 17.8 Å². The number of hydrogen-bond acceptors (Lipinski definition) is 5. The molecule has 0 radical (unpaired) electrons. The van der Waals surface area contributed by atoms with Crippen LogP contribution >= 0.6 is 0 Å². The first-order valence-electron chi connectivity index (χ1n) is 9.69. The van der Waals surface area contributed by atoms with Gasteiger partial charge in [0, 0.05) is 6.54 Å². The highest BCUT2D eigenvalue weighted by Crippen LogP contribution is 2.32. The number of ether oxygens (including phenoxy) is 2. The van der Waals surface area contributed by atoms with Crippen molar-refractivity contribution in [2.24, 2.45) is 5.92 Å². The first kappa shape index (κ1) is 19.9. The summed E-state index contributed by atoms with van der Waals surface area (Å²) in [5, 5.41) is 2.21. The summed E-state index contributed by atoms with van der Waals surface area (Å²) in [6, 6.07) is 11.7. The lowest BCUT2D eigenvalue weighted by Gasteiger charge is -2.36. The van der Waals surface area contributed by atoms with E-state index in [2.05, 4.69) is 5.32 Å². The number of imide groups is 2. The molecule has 30 heavy (non-hydrogen) atoms. The zero-order valence-corrected chi connectivity index (χ0v) is 16.4. The van der Waals surface area contributed by atoms with Crippen molar-refractivity contribution in [2.75, 3.05) is 6.54 Å². The molecule has 0 aromatic heterocycles. The van der Waals surface area contributed by atoms with Crippen LogP contribution in [0.25, 0.3) is 0 Å². The topological polar surface area (TPSA) is 84.9 Å². The van der Waals surface area contributed by atoms with Crippen molar-refractivity contribution in [3.05, 3.63) is 59.9 Å². The molecule has 8 heteroatoms. The molecule has 1 N–H and O–H groups in total. The van der Waals surface area contributed by atoms with Gasteiger partial charge in [0.05, 0.1) is 0 Å². The lowest BCUT2D eigenvalue weighted by Crippen LogP contribution is -2.69. The Hall–Kier alpha value is -3.42. The van der Waals surface area contributed by atoms with Crippen LogP contribution in [-0.4, -0.2) is 34.9 Å². The Morgan fingerprint density at radius 2 is 1.67 bits per heavy atom. The van der Waals surface area contributed by atoms with Gasteiger partial charge in [0.25, 0.3) is 17.4 Å². The number of barbiturate groups is 1. The minimum atomic E-state index is -1.83. The number of amides is 4. The molecule has 1 aliphatic carbocycles. The second-order valence-electron chi connectivity index (χ2n) is 7.64. The molecule has 1 saturated carbocycles. The van der Waals surface area contributed by atoms with Crippen LogP contribution < -0.4 is 14.8 Å². The maximum absolute atomic E-state index is 13.0. The van der Waals surface area contributed by atoms with Gasteiger partial charge < -0.3 is 9.47 Å². The van der Waals surface area contributed by atoms with Crippen LogP contribution in [0.15, 0.2) is 48.5 Å². The van der Waals surface area contributed by atoms with Gasteiger partial charge in [0.1, 0.15) is 23.9 Å². The molecule has 4 amide bonds. The van der Waals surface area contributed by atoms with E-state index in [9.17, 15) is 18.8 Å². The van der Waals surface area contributed by atoms with Gasteiger partial charge in [-0.1, -0.05) is 12.1 Å². The highest BCUT2D eigenvalue weighted by atomic mass is 19.1. The van der Waals surface area contributed by atoms with E-state index in [-0.39, 0.29) is 30.6 Å². The number of urea groups is 1. The number of carbonyl (C=O) groups excluding carboxylic acids is 3. The third-order valence-electron chi connectivity index (χ3n) is 5.15. The number of nitrogens with zero attached hydrogens (tertiary/aromatic N) is 1. The second kappa shape index (κ2) is 7.78. The molecule has 0 spiro atoms. The van der Waals surface area contributed by atoms with Gasteiger partial charge in [0.15, 0.2) is 0 Å². The van der Waals surface area contributed by atoms with Gasteiger partial charge >= 0.3 is 6.03 Å². The summed E-state index contributed by atoms with van der Waals surface area (Å²) >= 11 is 0. The Bertz CT molecular complexity index is 972. The molecule has 1 atom stereocenters. The molecular weight excluding hydrogens is 391 g/mol. The average Bonchev–Trinajstić information content (AvgIpc) is 3.55. The third kappa shape index (κ3) is 4.12. The molecule has 2 aromatic carbocycles. The Labute approximate surface area is 172 Å². The predicted octanol–water partition coefficient (Wildman–Crippen LogP) is 3.03. The summed E-state index contributed by atoms with van der Waals surface area (Å²) in [5.74, 6) is -0.652. The number of carbonyl (C=O) groups is 3. The Morgan fingerprint density at radius 3 is 2.30 bits per heavy atom. The van der Waals surface area contributed by atoms with Crippen LogP contribution in [0, 0.1) is 11.7 Å². The highest BCUT2D eigenvalue weighted by Gasteiger charge is 2.53. The van der Waals surface area contributed by atoms with Crippen molar-refractivity contribution < 1.29 is 28.2 Å². The van der Waals surface area contributed by atoms with Crippen LogP contribution in [-0.2, 0) is 16.2 Å². The first-order valence-corrected chi connectivity index (χ1v) is 9.69. The minimum Gasteiger partial charge on any atom is -0.489 e. The minimum absolute atomic E-state index is 0.261. The van der Waals surface area contributed by atoms with E-state index in [0.29, 0.717) is 5.75 Å². The van der Waals surface area contributed by atoms with Crippen molar-refractivity contribution in [1.82, 2.24) is 10.2 Å². The molecule has 1 aliphatic heterocycles. The Morgan fingerprint density at radius 1 is 1.03 bits per heavy atom. The Balaban J connectivity index is 1.42. The van der Waals surface area contributed by atoms with E-state index >= 15 is 0 Å². The molecule has 4 rings (SSSR count). The number of halogens is 1. The van der Waals surface area contributed by atoms with Crippen molar-refractivity contribution in [3.63, 3.8) is 0 Å². The van der Waals surface area contributed by atoms with Crippen molar-refractivity contribution in [3.8, 4) is 11.5 Å². The van der Waals surface area contributed by atoms with Crippen molar-refractivity contribution in [1.29, 1.82) is 0 Å². The van der Waals surface area contributed by atoms with E-state index in [1.807, 2.05) is 0 Å². The van der Waals surface area contributed by atoms with Crippen LogP contribution in [0.2, 0.25) is 0 Å². The van der Waals surface area contributed by atoms with E-state index in [1.54, 1.807) is 36.4 Å². The van der Waals surface area contributed by atoms with Gasteiger partial charge in [0.2, 0.25) is 0 Å². The zero-order chi connectivity index (χ0) is 21.3. The standard InChI is InChI=1S/C22H21FN2O5/c1-22(19(26)24-21(28)25(20(22)27)12-14-2-3-14)30-18-10-8-17(9-11-18)29-13-15-4-6-16(23)7-5-15/h4-11,14H,2-3,12-13H2,1H3,(H,24,26,28). The first-order chi connectivity index (χ1) is 14.3. The molecule has 1 saturated heterocycles. The van der Waals surface area contributed by atoms with Gasteiger partial charge in [-0.15, -0.1) is 0 Å². The highest BCUT2D eigenvalue weighted by molar-refractivity contribution is 6.21. The third-order valence-corrected chi connectivity index (χ3v) is 5.15. The lowest BCUT2D eigenvalue weighted by molar-refractivity contribution is -0.157. The van der Waals surface area contributed by atoms with E-state index in [4.69, 9.17) is 9.47 Å². The molecule has 7 nitrogen and oxygen atoms in total. The number of nitrogens with one attached hydrogen (secondary N) is 1. The van der Waals surface area contributed by atoms with Gasteiger partial charge in [-0.2, -0.15) is 0 Å². The fraction of sp³-hybridized carbons (Fsp3) is 0.318. The summed E-state index contributed by atoms with van der Waals surface area (Å²) in [5.41, 5.74) is -1.02. The summed E-state index contributed by atoms with van der Waals surface area (Å²) in [7, 11) is 0. The van der Waals surface area contributed by atoms with Crippen molar-refractivity contribution in [2.45, 2.75) is 32.0 Å². The van der Waals surface area contributed by atoms with Gasteiger partial charge in [-0.05, 0) is 67.6 Å². The fourth-order valence-electron chi connectivity index (χ4n) is 3.13. The zero-order valence-electron chi connectivity index (χ0n) is 16.4. The number of hydrogen-bond donors (Lipinski definition) is 1.